The fraction of sp³-hybridized carbons (Fsp3) is 0.417. The summed E-state index contributed by atoms with van der Waals surface area (Å²) < 4.78 is 11.3. The van der Waals surface area contributed by atoms with Crippen molar-refractivity contribution in [2.24, 2.45) is 22.1 Å². The summed E-state index contributed by atoms with van der Waals surface area (Å²) in [6.45, 7) is 0.444. The smallest absolute Gasteiger partial charge is 0.335 e. The van der Waals surface area contributed by atoms with Crippen LogP contribution in [0.15, 0.2) is 64.8 Å². The lowest BCUT2D eigenvalue weighted by Gasteiger charge is -2.26. The first-order valence-electron chi connectivity index (χ1n) is 10.7. The van der Waals surface area contributed by atoms with E-state index >= 15 is 0 Å². The Kier molecular flexibility index (Phi) is 6.72. The fourth-order valence-corrected chi connectivity index (χ4v) is 4.58. The number of fused-ring (bicyclic) bond motifs is 2. The number of carboxylic acids is 1. The minimum atomic E-state index is -0.911. The SMILES string of the molecule is O=C(CN=NCC1C2CCC(O2)C1CCc1ccc(C(=O)O)cc1)Oc1ccccc1. The minimum Gasteiger partial charge on any atom is -0.478 e. The third kappa shape index (κ3) is 5.35. The van der Waals surface area contributed by atoms with Crippen LogP contribution in [0.25, 0.3) is 0 Å². The van der Waals surface area contributed by atoms with Gasteiger partial charge in [0.05, 0.1) is 24.3 Å². The lowest BCUT2D eigenvalue weighted by molar-refractivity contribution is -0.132. The quantitative estimate of drug-likeness (QED) is 0.372. The van der Waals surface area contributed by atoms with Crippen LogP contribution in [0, 0.1) is 11.8 Å². The van der Waals surface area contributed by atoms with Crippen LogP contribution >= 0.6 is 0 Å². The summed E-state index contributed by atoms with van der Waals surface area (Å²) in [4.78, 5) is 22.9. The van der Waals surface area contributed by atoms with Gasteiger partial charge < -0.3 is 14.6 Å². The summed E-state index contributed by atoms with van der Waals surface area (Å²) in [5, 5.41) is 17.3. The molecule has 2 aliphatic rings. The van der Waals surface area contributed by atoms with Crippen molar-refractivity contribution in [3.8, 4) is 5.75 Å². The minimum absolute atomic E-state index is 0.100. The Morgan fingerprint density at radius 3 is 2.39 bits per heavy atom. The van der Waals surface area contributed by atoms with Gasteiger partial charge in [-0.3, -0.25) is 0 Å². The second-order valence-electron chi connectivity index (χ2n) is 8.07. The molecule has 0 aromatic heterocycles. The molecule has 7 nitrogen and oxygen atoms in total. The van der Waals surface area contributed by atoms with E-state index in [4.69, 9.17) is 14.6 Å². The van der Waals surface area contributed by atoms with Crippen LogP contribution in [0.1, 0.15) is 35.2 Å². The highest BCUT2D eigenvalue weighted by atomic mass is 16.5. The molecule has 0 aliphatic carbocycles. The first kappa shape index (κ1) is 21.2. The maximum absolute atomic E-state index is 11.9. The first-order chi connectivity index (χ1) is 15.1. The van der Waals surface area contributed by atoms with E-state index in [0.717, 1.165) is 31.2 Å². The highest BCUT2D eigenvalue weighted by Gasteiger charge is 2.48. The van der Waals surface area contributed by atoms with E-state index in [1.165, 1.54) is 0 Å². The van der Waals surface area contributed by atoms with E-state index in [0.29, 0.717) is 29.7 Å². The number of hydrogen-bond acceptors (Lipinski definition) is 6. The number of hydrogen-bond donors (Lipinski definition) is 1. The highest BCUT2D eigenvalue weighted by Crippen LogP contribution is 2.45. The number of ether oxygens (including phenoxy) is 2. The summed E-state index contributed by atoms with van der Waals surface area (Å²) in [5.41, 5.74) is 1.42. The zero-order valence-electron chi connectivity index (χ0n) is 17.2. The number of carbonyl (C=O) groups excluding carboxylic acids is 1. The van der Waals surface area contributed by atoms with Gasteiger partial charge in [0.15, 0.2) is 6.54 Å². The van der Waals surface area contributed by atoms with Crippen molar-refractivity contribution < 1.29 is 24.2 Å². The molecule has 2 heterocycles. The molecule has 2 fully saturated rings. The van der Waals surface area contributed by atoms with Crippen molar-refractivity contribution in [1.29, 1.82) is 0 Å². The third-order valence-corrected chi connectivity index (χ3v) is 6.12. The molecule has 31 heavy (non-hydrogen) atoms. The predicted molar refractivity (Wildman–Crippen MR) is 113 cm³/mol. The number of aromatic carboxylic acids is 1. The number of rotatable bonds is 9. The zero-order valence-corrected chi connectivity index (χ0v) is 17.2. The number of azo groups is 1. The molecule has 1 N–H and O–H groups in total. The average Bonchev–Trinajstić information content (AvgIpc) is 3.38. The molecule has 0 radical (unpaired) electrons. The van der Waals surface area contributed by atoms with Crippen LogP contribution in [0.4, 0.5) is 0 Å². The van der Waals surface area contributed by atoms with Crippen LogP contribution < -0.4 is 4.74 Å². The standard InChI is InChI=1S/C24H26N2O5/c27-23(30-18-4-2-1-3-5-18)15-26-25-14-20-19(21-12-13-22(20)31-21)11-8-16-6-9-17(10-7-16)24(28)29/h1-7,9-10,19-22H,8,11-15H2,(H,28,29). The average molecular weight is 422 g/mol. The highest BCUT2D eigenvalue weighted by molar-refractivity contribution is 5.87. The van der Waals surface area contributed by atoms with Crippen molar-refractivity contribution >= 4 is 11.9 Å². The summed E-state index contributed by atoms with van der Waals surface area (Å²) in [7, 11) is 0. The molecule has 0 saturated carbocycles. The molecule has 4 unspecified atom stereocenters. The molecule has 2 bridgehead atoms. The van der Waals surface area contributed by atoms with Gasteiger partial charge in [0, 0.05) is 5.92 Å². The fourth-order valence-electron chi connectivity index (χ4n) is 4.58. The number of esters is 1. The van der Waals surface area contributed by atoms with Crippen LogP contribution in [0.5, 0.6) is 5.75 Å². The normalized spacial score (nSPS) is 24.5. The van der Waals surface area contributed by atoms with Crippen LogP contribution in [0.3, 0.4) is 0 Å². The summed E-state index contributed by atoms with van der Waals surface area (Å²) in [5.74, 6) is -0.147. The summed E-state index contributed by atoms with van der Waals surface area (Å²) in [6.07, 6.45) is 4.42. The molecule has 4 rings (SSSR count). The zero-order chi connectivity index (χ0) is 21.6. The lowest BCUT2D eigenvalue weighted by atomic mass is 9.76. The van der Waals surface area contributed by atoms with Crippen molar-refractivity contribution in [3.63, 3.8) is 0 Å². The van der Waals surface area contributed by atoms with Crippen molar-refractivity contribution in [1.82, 2.24) is 0 Å². The number of carbonyl (C=O) groups is 2. The maximum Gasteiger partial charge on any atom is 0.335 e. The number of nitrogens with zero attached hydrogens (tertiary/aromatic N) is 2. The Morgan fingerprint density at radius 1 is 0.968 bits per heavy atom. The Hall–Kier alpha value is -3.06. The summed E-state index contributed by atoms with van der Waals surface area (Å²) >= 11 is 0. The second-order valence-corrected chi connectivity index (χ2v) is 8.07. The monoisotopic (exact) mass is 422 g/mol. The van der Waals surface area contributed by atoms with E-state index < -0.39 is 11.9 Å². The molecule has 4 atom stereocenters. The van der Waals surface area contributed by atoms with Crippen LogP contribution in [-0.2, 0) is 16.0 Å². The van der Waals surface area contributed by atoms with Gasteiger partial charge in [0.25, 0.3) is 0 Å². The maximum atomic E-state index is 11.9. The molecule has 2 aromatic carbocycles. The molecule has 162 valence electrons. The Balaban J connectivity index is 1.27. The van der Waals surface area contributed by atoms with Gasteiger partial charge in [-0.05, 0) is 61.4 Å². The number of benzene rings is 2. The Morgan fingerprint density at radius 2 is 1.68 bits per heavy atom. The molecular weight excluding hydrogens is 396 g/mol. The molecular formula is C24H26N2O5. The number of carboxylic acid groups (broad SMARTS) is 1. The van der Waals surface area contributed by atoms with E-state index in [-0.39, 0.29) is 18.8 Å². The molecule has 2 aliphatic heterocycles. The third-order valence-electron chi connectivity index (χ3n) is 6.12. The van der Waals surface area contributed by atoms with Gasteiger partial charge in [-0.1, -0.05) is 30.3 Å². The van der Waals surface area contributed by atoms with Crippen molar-refractivity contribution in [2.75, 3.05) is 13.1 Å². The molecule has 0 amide bonds. The first-order valence-corrected chi connectivity index (χ1v) is 10.7. The Bertz CT molecular complexity index is 929. The largest absolute Gasteiger partial charge is 0.478 e. The Labute approximate surface area is 181 Å². The lowest BCUT2D eigenvalue weighted by Crippen LogP contribution is -2.29. The second kappa shape index (κ2) is 9.83. The number of para-hydroxylation sites is 1. The van der Waals surface area contributed by atoms with Crippen molar-refractivity contribution in [3.05, 3.63) is 65.7 Å². The van der Waals surface area contributed by atoms with Gasteiger partial charge in [-0.15, -0.1) is 0 Å². The van der Waals surface area contributed by atoms with E-state index in [1.54, 1.807) is 36.4 Å². The van der Waals surface area contributed by atoms with Crippen LogP contribution in [0.2, 0.25) is 0 Å². The molecule has 2 aromatic rings. The van der Waals surface area contributed by atoms with E-state index in [1.807, 2.05) is 18.2 Å². The molecule has 2 saturated heterocycles. The van der Waals surface area contributed by atoms with Crippen LogP contribution in [-0.4, -0.2) is 42.3 Å². The van der Waals surface area contributed by atoms with Gasteiger partial charge in [0.2, 0.25) is 0 Å². The van der Waals surface area contributed by atoms with E-state index in [2.05, 4.69) is 10.2 Å². The predicted octanol–water partition coefficient (Wildman–Crippen LogP) is 4.17. The van der Waals surface area contributed by atoms with Gasteiger partial charge in [-0.2, -0.15) is 10.2 Å². The van der Waals surface area contributed by atoms with E-state index in [9.17, 15) is 9.59 Å². The number of aryl methyl sites for hydroxylation is 1. The molecule has 7 heteroatoms. The van der Waals surface area contributed by atoms with Crippen molar-refractivity contribution in [2.45, 2.75) is 37.9 Å². The van der Waals surface area contributed by atoms with Gasteiger partial charge >= 0.3 is 11.9 Å². The topological polar surface area (TPSA) is 97.6 Å². The van der Waals surface area contributed by atoms with Gasteiger partial charge in [-0.25, -0.2) is 9.59 Å². The molecule has 0 spiro atoms. The summed E-state index contributed by atoms with van der Waals surface area (Å²) in [6, 6.07) is 16.0. The van der Waals surface area contributed by atoms with Gasteiger partial charge in [0.1, 0.15) is 5.75 Å².